The van der Waals surface area contributed by atoms with Gasteiger partial charge in [0.05, 0.1) is 25.8 Å². The minimum absolute atomic E-state index is 0.138. The van der Waals surface area contributed by atoms with Crippen LogP contribution in [0.25, 0.3) is 0 Å². The Morgan fingerprint density at radius 3 is 2.64 bits per heavy atom. The van der Waals surface area contributed by atoms with E-state index in [1.54, 1.807) is 31.4 Å². The number of nitrogens with one attached hydrogen (secondary N) is 1. The Balaban J connectivity index is 2.02. The second kappa shape index (κ2) is 7.89. The van der Waals surface area contributed by atoms with Gasteiger partial charge in [-0.15, -0.1) is 5.10 Å². The van der Waals surface area contributed by atoms with Crippen molar-refractivity contribution in [3.8, 4) is 11.6 Å². The lowest BCUT2D eigenvalue weighted by Gasteiger charge is -2.16. The molecule has 0 saturated heterocycles. The quantitative estimate of drug-likeness (QED) is 0.842. The van der Waals surface area contributed by atoms with Crippen molar-refractivity contribution in [1.82, 2.24) is 14.7 Å². The predicted molar refractivity (Wildman–Crippen MR) is 93.4 cm³/mol. The zero-order valence-corrected chi connectivity index (χ0v) is 15.1. The molecule has 2 rings (SSSR count). The van der Waals surface area contributed by atoms with Gasteiger partial charge in [0.25, 0.3) is 5.91 Å². The van der Waals surface area contributed by atoms with Crippen LogP contribution >= 0.6 is 11.6 Å². The summed E-state index contributed by atoms with van der Waals surface area (Å²) in [5.74, 6) is -0.00914. The SMILES string of the molecule is COc1ccc(NC(=O)CN(C)C(=O)c2cn(C)nc2OC)cc1Cl. The number of aryl methyl sites for hydroxylation is 1. The Labute approximate surface area is 150 Å². The molecule has 0 aliphatic heterocycles. The van der Waals surface area contributed by atoms with Gasteiger partial charge in [0.1, 0.15) is 11.3 Å². The summed E-state index contributed by atoms with van der Waals surface area (Å²) in [4.78, 5) is 25.9. The van der Waals surface area contributed by atoms with Gasteiger partial charge in [-0.1, -0.05) is 11.6 Å². The first-order valence-corrected chi connectivity index (χ1v) is 7.70. The van der Waals surface area contributed by atoms with Crippen LogP contribution in [0.2, 0.25) is 5.02 Å². The first-order valence-electron chi connectivity index (χ1n) is 7.32. The monoisotopic (exact) mass is 366 g/mol. The third kappa shape index (κ3) is 4.42. The molecule has 0 spiro atoms. The number of rotatable bonds is 6. The number of halogens is 1. The van der Waals surface area contributed by atoms with Crippen molar-refractivity contribution in [2.75, 3.05) is 33.1 Å². The molecule has 0 aliphatic carbocycles. The second-order valence-electron chi connectivity index (χ2n) is 5.28. The van der Waals surface area contributed by atoms with Crippen LogP contribution in [0.3, 0.4) is 0 Å². The van der Waals surface area contributed by atoms with Gasteiger partial charge in [0.15, 0.2) is 0 Å². The van der Waals surface area contributed by atoms with E-state index in [-0.39, 0.29) is 29.8 Å². The molecule has 2 aromatic rings. The van der Waals surface area contributed by atoms with E-state index in [0.29, 0.717) is 16.5 Å². The van der Waals surface area contributed by atoms with Gasteiger partial charge in [0.2, 0.25) is 11.8 Å². The lowest BCUT2D eigenvalue weighted by Crippen LogP contribution is -2.35. The van der Waals surface area contributed by atoms with Gasteiger partial charge in [0, 0.05) is 26.0 Å². The van der Waals surface area contributed by atoms with Crippen LogP contribution in [-0.4, -0.2) is 54.3 Å². The van der Waals surface area contributed by atoms with Crippen molar-refractivity contribution in [3.05, 3.63) is 35.0 Å². The number of hydrogen-bond donors (Lipinski definition) is 1. The van der Waals surface area contributed by atoms with Crippen molar-refractivity contribution in [1.29, 1.82) is 0 Å². The van der Waals surface area contributed by atoms with E-state index in [9.17, 15) is 9.59 Å². The van der Waals surface area contributed by atoms with Gasteiger partial charge in [-0.2, -0.15) is 0 Å². The molecule has 8 nitrogen and oxygen atoms in total. The molecule has 1 heterocycles. The van der Waals surface area contributed by atoms with Crippen LogP contribution in [0.1, 0.15) is 10.4 Å². The number of amides is 2. The van der Waals surface area contributed by atoms with Crippen LogP contribution in [0.4, 0.5) is 5.69 Å². The smallest absolute Gasteiger partial charge is 0.261 e. The van der Waals surface area contributed by atoms with E-state index in [2.05, 4.69) is 10.4 Å². The highest BCUT2D eigenvalue weighted by molar-refractivity contribution is 6.32. The first-order chi connectivity index (χ1) is 11.8. The van der Waals surface area contributed by atoms with E-state index >= 15 is 0 Å². The number of hydrogen-bond acceptors (Lipinski definition) is 5. The molecule has 134 valence electrons. The Morgan fingerprint density at radius 2 is 2.04 bits per heavy atom. The summed E-state index contributed by atoms with van der Waals surface area (Å²) in [7, 11) is 6.14. The third-order valence-corrected chi connectivity index (χ3v) is 3.68. The van der Waals surface area contributed by atoms with Crippen molar-refractivity contribution in [2.24, 2.45) is 7.05 Å². The summed E-state index contributed by atoms with van der Waals surface area (Å²) in [5.41, 5.74) is 0.795. The molecule has 0 atom stereocenters. The fraction of sp³-hybridized carbons (Fsp3) is 0.312. The average molecular weight is 367 g/mol. The zero-order valence-electron chi connectivity index (χ0n) is 14.4. The number of aromatic nitrogens is 2. The third-order valence-electron chi connectivity index (χ3n) is 3.38. The first kappa shape index (κ1) is 18.6. The molecule has 2 amide bonds. The van der Waals surface area contributed by atoms with Crippen molar-refractivity contribution >= 4 is 29.1 Å². The van der Waals surface area contributed by atoms with Crippen molar-refractivity contribution < 1.29 is 19.1 Å². The molecule has 0 bridgehead atoms. The number of methoxy groups -OCH3 is 2. The molecular formula is C16H19ClN4O4. The summed E-state index contributed by atoms with van der Waals surface area (Å²) in [6.07, 6.45) is 1.54. The van der Waals surface area contributed by atoms with E-state index in [0.717, 1.165) is 0 Å². The van der Waals surface area contributed by atoms with Gasteiger partial charge in [-0.25, -0.2) is 0 Å². The maximum absolute atomic E-state index is 12.4. The molecule has 1 N–H and O–H groups in total. The van der Waals surface area contributed by atoms with Crippen LogP contribution in [-0.2, 0) is 11.8 Å². The molecule has 9 heteroatoms. The van der Waals surface area contributed by atoms with E-state index in [1.165, 1.54) is 30.8 Å². The largest absolute Gasteiger partial charge is 0.495 e. The fourth-order valence-corrected chi connectivity index (χ4v) is 2.46. The molecule has 25 heavy (non-hydrogen) atoms. The van der Waals surface area contributed by atoms with Crippen molar-refractivity contribution in [2.45, 2.75) is 0 Å². The van der Waals surface area contributed by atoms with Gasteiger partial charge in [-0.3, -0.25) is 14.3 Å². The van der Waals surface area contributed by atoms with Crippen molar-refractivity contribution in [3.63, 3.8) is 0 Å². The topological polar surface area (TPSA) is 85.7 Å². The molecule has 0 aliphatic rings. The Kier molecular flexibility index (Phi) is 5.87. The number of carbonyl (C=O) groups excluding carboxylic acids is 2. The summed E-state index contributed by atoms with van der Waals surface area (Å²) < 4.78 is 11.6. The molecule has 0 saturated carbocycles. The number of anilines is 1. The number of nitrogens with zero attached hydrogens (tertiary/aromatic N) is 3. The number of carbonyl (C=O) groups is 2. The van der Waals surface area contributed by atoms with Gasteiger partial charge < -0.3 is 19.7 Å². The lowest BCUT2D eigenvalue weighted by molar-refractivity contribution is -0.116. The Bertz CT molecular complexity index is 790. The summed E-state index contributed by atoms with van der Waals surface area (Å²) in [5, 5.41) is 7.09. The zero-order chi connectivity index (χ0) is 18.6. The Hall–Kier alpha value is -2.74. The molecule has 0 unspecified atom stereocenters. The Morgan fingerprint density at radius 1 is 1.32 bits per heavy atom. The highest BCUT2D eigenvalue weighted by Crippen LogP contribution is 2.27. The number of benzene rings is 1. The van der Waals surface area contributed by atoms with Crippen LogP contribution in [0.15, 0.2) is 24.4 Å². The summed E-state index contributed by atoms with van der Waals surface area (Å²) >= 11 is 6.02. The molecule has 0 radical (unpaired) electrons. The predicted octanol–water partition coefficient (Wildman–Crippen LogP) is 1.80. The summed E-state index contributed by atoms with van der Waals surface area (Å²) in [6, 6.07) is 4.88. The van der Waals surface area contributed by atoms with E-state index < -0.39 is 0 Å². The number of likely N-dealkylation sites (N-methyl/N-ethyl adjacent to an activating group) is 1. The molecule has 1 aromatic heterocycles. The second-order valence-corrected chi connectivity index (χ2v) is 5.69. The maximum atomic E-state index is 12.4. The minimum Gasteiger partial charge on any atom is -0.495 e. The number of ether oxygens (including phenoxy) is 2. The van der Waals surface area contributed by atoms with Crippen LogP contribution < -0.4 is 14.8 Å². The van der Waals surface area contributed by atoms with Gasteiger partial charge in [-0.05, 0) is 18.2 Å². The minimum atomic E-state index is -0.368. The molecular weight excluding hydrogens is 348 g/mol. The lowest BCUT2D eigenvalue weighted by atomic mass is 10.3. The van der Waals surface area contributed by atoms with Gasteiger partial charge >= 0.3 is 0 Å². The normalized spacial score (nSPS) is 10.3. The summed E-state index contributed by atoms with van der Waals surface area (Å²) in [6.45, 7) is -0.138. The standard InChI is InChI=1S/C16H19ClN4O4/c1-20(16(23)11-8-21(2)19-15(11)25-4)9-14(22)18-10-5-6-13(24-3)12(17)7-10/h5-8H,9H2,1-4H3,(H,18,22). The average Bonchev–Trinajstić information content (AvgIpc) is 2.95. The highest BCUT2D eigenvalue weighted by Gasteiger charge is 2.21. The molecule has 0 fully saturated rings. The van der Waals surface area contributed by atoms with Crippen LogP contribution in [0, 0.1) is 0 Å². The molecule has 1 aromatic carbocycles. The van der Waals surface area contributed by atoms with E-state index in [4.69, 9.17) is 21.1 Å². The maximum Gasteiger partial charge on any atom is 0.261 e. The van der Waals surface area contributed by atoms with E-state index in [1.807, 2.05) is 0 Å². The highest BCUT2D eigenvalue weighted by atomic mass is 35.5. The van der Waals surface area contributed by atoms with Crippen LogP contribution in [0.5, 0.6) is 11.6 Å². The fourth-order valence-electron chi connectivity index (χ4n) is 2.20.